The van der Waals surface area contributed by atoms with E-state index in [4.69, 9.17) is 19.9 Å². The molecule has 0 radical (unpaired) electrons. The van der Waals surface area contributed by atoms with Crippen LogP contribution in [0.1, 0.15) is 10.5 Å². The molecule has 0 aliphatic heterocycles. The molecule has 0 bridgehead atoms. The van der Waals surface area contributed by atoms with Crippen molar-refractivity contribution in [3.05, 3.63) is 18.1 Å². The highest BCUT2D eigenvalue weighted by atomic mass is 16.6. The predicted octanol–water partition coefficient (Wildman–Crippen LogP) is -0.121. The van der Waals surface area contributed by atoms with E-state index >= 15 is 0 Å². The summed E-state index contributed by atoms with van der Waals surface area (Å²) in [6.07, 6.45) is 2.78. The lowest BCUT2D eigenvalue weighted by atomic mass is 10.4. The van der Waals surface area contributed by atoms with Gasteiger partial charge in [0.15, 0.2) is 11.5 Å². The van der Waals surface area contributed by atoms with Crippen LogP contribution in [0.15, 0.2) is 12.4 Å². The zero-order chi connectivity index (χ0) is 12.5. The molecule has 94 valence electrons. The van der Waals surface area contributed by atoms with Gasteiger partial charge in [0.2, 0.25) is 0 Å². The maximum absolute atomic E-state index is 11.5. The zero-order valence-electron chi connectivity index (χ0n) is 9.59. The average Bonchev–Trinajstić information content (AvgIpc) is 2.34. The SMILES string of the molecule is COCCOCCOC(=O)c1nccnc1N. The summed E-state index contributed by atoms with van der Waals surface area (Å²) in [5.41, 5.74) is 5.49. The van der Waals surface area contributed by atoms with Gasteiger partial charge >= 0.3 is 5.97 Å². The van der Waals surface area contributed by atoms with Crippen LogP contribution in [0.4, 0.5) is 5.82 Å². The Morgan fingerprint density at radius 3 is 2.65 bits per heavy atom. The lowest BCUT2D eigenvalue weighted by Crippen LogP contribution is -2.15. The second-order valence-corrected chi connectivity index (χ2v) is 3.03. The van der Waals surface area contributed by atoms with Gasteiger partial charge in [-0.05, 0) is 0 Å². The van der Waals surface area contributed by atoms with Gasteiger partial charge < -0.3 is 19.9 Å². The molecule has 7 heteroatoms. The van der Waals surface area contributed by atoms with Gasteiger partial charge in [0.05, 0.1) is 19.8 Å². The Kier molecular flexibility index (Phi) is 5.91. The van der Waals surface area contributed by atoms with Crippen molar-refractivity contribution in [1.29, 1.82) is 0 Å². The molecule has 2 N–H and O–H groups in total. The summed E-state index contributed by atoms with van der Waals surface area (Å²) in [4.78, 5) is 19.0. The Labute approximate surface area is 98.9 Å². The van der Waals surface area contributed by atoms with Crippen molar-refractivity contribution >= 4 is 11.8 Å². The van der Waals surface area contributed by atoms with Gasteiger partial charge in [-0.3, -0.25) is 0 Å². The number of hydrogen-bond donors (Lipinski definition) is 1. The molecule has 1 heterocycles. The molecule has 0 saturated heterocycles. The molecule has 0 saturated carbocycles. The van der Waals surface area contributed by atoms with Crippen molar-refractivity contribution in [3.63, 3.8) is 0 Å². The first kappa shape index (κ1) is 13.3. The van der Waals surface area contributed by atoms with Crippen molar-refractivity contribution in [2.24, 2.45) is 0 Å². The van der Waals surface area contributed by atoms with E-state index in [9.17, 15) is 4.79 Å². The Balaban J connectivity index is 2.24. The van der Waals surface area contributed by atoms with E-state index in [0.717, 1.165) is 0 Å². The fraction of sp³-hybridized carbons (Fsp3) is 0.500. The first-order valence-electron chi connectivity index (χ1n) is 5.06. The highest BCUT2D eigenvalue weighted by molar-refractivity contribution is 5.91. The topological polar surface area (TPSA) is 96.6 Å². The van der Waals surface area contributed by atoms with E-state index in [1.54, 1.807) is 7.11 Å². The summed E-state index contributed by atoms with van der Waals surface area (Å²) in [5, 5.41) is 0. The molecular weight excluding hydrogens is 226 g/mol. The van der Waals surface area contributed by atoms with Crippen LogP contribution in [0.5, 0.6) is 0 Å². The number of carbonyl (C=O) groups excluding carboxylic acids is 1. The van der Waals surface area contributed by atoms with Crippen LogP contribution >= 0.6 is 0 Å². The number of methoxy groups -OCH3 is 1. The van der Waals surface area contributed by atoms with Gasteiger partial charge in [-0.25, -0.2) is 14.8 Å². The summed E-state index contributed by atoms with van der Waals surface area (Å²) >= 11 is 0. The van der Waals surface area contributed by atoms with Gasteiger partial charge in [-0.15, -0.1) is 0 Å². The maximum atomic E-state index is 11.5. The normalized spacial score (nSPS) is 10.2. The fourth-order valence-corrected chi connectivity index (χ4v) is 1.01. The van der Waals surface area contributed by atoms with Crippen LogP contribution in [-0.4, -0.2) is 49.5 Å². The first-order chi connectivity index (χ1) is 8.25. The van der Waals surface area contributed by atoms with Gasteiger partial charge in [-0.2, -0.15) is 0 Å². The van der Waals surface area contributed by atoms with Gasteiger partial charge in [0, 0.05) is 19.5 Å². The van der Waals surface area contributed by atoms with Crippen LogP contribution in [0.25, 0.3) is 0 Å². The summed E-state index contributed by atoms with van der Waals surface area (Å²) in [7, 11) is 1.58. The van der Waals surface area contributed by atoms with E-state index < -0.39 is 5.97 Å². The van der Waals surface area contributed by atoms with Gasteiger partial charge in [0.1, 0.15) is 6.61 Å². The number of carbonyl (C=O) groups is 1. The molecule has 1 aromatic rings. The molecule has 0 aromatic carbocycles. The van der Waals surface area contributed by atoms with Crippen molar-refractivity contribution in [3.8, 4) is 0 Å². The largest absolute Gasteiger partial charge is 0.458 e. The van der Waals surface area contributed by atoms with E-state index in [0.29, 0.717) is 19.8 Å². The molecule has 0 aliphatic rings. The Hall–Kier alpha value is -1.73. The van der Waals surface area contributed by atoms with Crippen LogP contribution in [0.2, 0.25) is 0 Å². The highest BCUT2D eigenvalue weighted by Gasteiger charge is 2.12. The smallest absolute Gasteiger partial charge is 0.360 e. The number of aromatic nitrogens is 2. The lowest BCUT2D eigenvalue weighted by Gasteiger charge is -2.06. The minimum atomic E-state index is -0.606. The average molecular weight is 241 g/mol. The molecule has 0 aliphatic carbocycles. The van der Waals surface area contributed by atoms with E-state index in [1.165, 1.54) is 12.4 Å². The second-order valence-electron chi connectivity index (χ2n) is 3.03. The van der Waals surface area contributed by atoms with E-state index in [2.05, 4.69) is 9.97 Å². The number of esters is 1. The lowest BCUT2D eigenvalue weighted by molar-refractivity contribution is 0.0210. The number of nitrogens with zero attached hydrogens (tertiary/aromatic N) is 2. The van der Waals surface area contributed by atoms with E-state index in [1.807, 2.05) is 0 Å². The van der Waals surface area contributed by atoms with Crippen molar-refractivity contribution in [1.82, 2.24) is 9.97 Å². The molecule has 1 rings (SSSR count). The first-order valence-corrected chi connectivity index (χ1v) is 5.06. The molecule has 17 heavy (non-hydrogen) atoms. The van der Waals surface area contributed by atoms with Crippen molar-refractivity contribution in [2.75, 3.05) is 39.3 Å². The van der Waals surface area contributed by atoms with Gasteiger partial charge in [0.25, 0.3) is 0 Å². The number of nitrogens with two attached hydrogens (primary N) is 1. The Bertz CT molecular complexity index is 359. The summed E-state index contributed by atoms with van der Waals surface area (Å²) in [5.74, 6) is -0.552. The van der Waals surface area contributed by atoms with Gasteiger partial charge in [-0.1, -0.05) is 0 Å². The summed E-state index contributed by atoms with van der Waals surface area (Å²) in [6, 6.07) is 0. The highest BCUT2D eigenvalue weighted by Crippen LogP contribution is 2.04. The Morgan fingerprint density at radius 1 is 1.24 bits per heavy atom. The number of nitrogen functional groups attached to an aromatic ring is 1. The third kappa shape index (κ3) is 4.75. The number of anilines is 1. The standard InChI is InChI=1S/C10H15N3O4/c1-15-4-5-16-6-7-17-10(14)8-9(11)13-3-2-12-8/h2-3H,4-7H2,1H3,(H2,11,13). The van der Waals surface area contributed by atoms with Crippen molar-refractivity contribution < 1.29 is 19.0 Å². The maximum Gasteiger partial charge on any atom is 0.360 e. The molecule has 0 atom stereocenters. The molecular formula is C10H15N3O4. The summed E-state index contributed by atoms with van der Waals surface area (Å²) < 4.78 is 14.8. The van der Waals surface area contributed by atoms with Crippen molar-refractivity contribution in [2.45, 2.75) is 0 Å². The van der Waals surface area contributed by atoms with Crippen LogP contribution in [0.3, 0.4) is 0 Å². The third-order valence-corrected chi connectivity index (χ3v) is 1.81. The monoisotopic (exact) mass is 241 g/mol. The second kappa shape index (κ2) is 7.53. The van der Waals surface area contributed by atoms with Crippen LogP contribution in [0, 0.1) is 0 Å². The molecule has 7 nitrogen and oxygen atoms in total. The Morgan fingerprint density at radius 2 is 1.94 bits per heavy atom. The molecule has 0 amide bonds. The van der Waals surface area contributed by atoms with Crippen LogP contribution < -0.4 is 5.73 Å². The third-order valence-electron chi connectivity index (χ3n) is 1.81. The molecule has 0 fully saturated rings. The number of hydrogen-bond acceptors (Lipinski definition) is 7. The zero-order valence-corrected chi connectivity index (χ0v) is 9.59. The molecule has 0 unspecified atom stereocenters. The number of rotatable bonds is 7. The minimum absolute atomic E-state index is 0.0180. The van der Waals surface area contributed by atoms with Crippen LogP contribution in [-0.2, 0) is 14.2 Å². The predicted molar refractivity (Wildman–Crippen MR) is 59.4 cm³/mol. The fourth-order valence-electron chi connectivity index (χ4n) is 1.01. The van der Waals surface area contributed by atoms with E-state index in [-0.39, 0.29) is 18.1 Å². The number of ether oxygens (including phenoxy) is 3. The minimum Gasteiger partial charge on any atom is -0.458 e. The molecule has 0 spiro atoms. The quantitative estimate of drug-likeness (QED) is 0.525. The summed E-state index contributed by atoms with van der Waals surface area (Å²) in [6.45, 7) is 1.40. The molecule has 1 aromatic heterocycles.